The van der Waals surface area contributed by atoms with Gasteiger partial charge in [-0.1, -0.05) is 53.4 Å². The van der Waals surface area contributed by atoms with Gasteiger partial charge in [-0.05, 0) is 37.5 Å². The van der Waals surface area contributed by atoms with E-state index in [1.807, 2.05) is 30.3 Å². The van der Waals surface area contributed by atoms with Crippen molar-refractivity contribution in [2.45, 2.75) is 55.2 Å². The summed E-state index contributed by atoms with van der Waals surface area (Å²) < 4.78 is 30.6. The van der Waals surface area contributed by atoms with Gasteiger partial charge >= 0.3 is 6.09 Å². The molecule has 1 N–H and O–H groups in total. The number of nitrogens with zero attached hydrogens (tertiary/aromatic N) is 2. The molecule has 0 bridgehead atoms. The first-order valence-corrected chi connectivity index (χ1v) is 13.9. The van der Waals surface area contributed by atoms with Gasteiger partial charge in [0.05, 0.1) is 35.2 Å². The fourth-order valence-electron chi connectivity index (χ4n) is 4.13. The van der Waals surface area contributed by atoms with E-state index < -0.39 is 34.1 Å². The molecule has 1 saturated carbocycles. The molecule has 1 amide bonds. The van der Waals surface area contributed by atoms with E-state index >= 15 is 0 Å². The SMILES string of the molecule is O=C(N[C@@H](C#Cc1ccccc1)CCN(OC1CCCC1)S(=O)c1cccc([N+](=O)[O-])c1)OC1COCOC1. The van der Waals surface area contributed by atoms with Crippen molar-refractivity contribution in [1.82, 2.24) is 9.79 Å². The number of hydroxylamine groups is 1. The van der Waals surface area contributed by atoms with Crippen LogP contribution in [0.5, 0.6) is 0 Å². The number of carbonyl (C=O) groups is 1. The van der Waals surface area contributed by atoms with E-state index in [4.69, 9.17) is 19.0 Å². The zero-order valence-corrected chi connectivity index (χ0v) is 22.2. The lowest BCUT2D eigenvalue weighted by Crippen LogP contribution is -2.42. The van der Waals surface area contributed by atoms with Crippen LogP contribution in [0.15, 0.2) is 59.5 Å². The molecule has 0 radical (unpaired) electrons. The first kappa shape index (κ1) is 28.7. The highest BCUT2D eigenvalue weighted by molar-refractivity contribution is 7.82. The summed E-state index contributed by atoms with van der Waals surface area (Å²) in [5.74, 6) is 6.11. The van der Waals surface area contributed by atoms with Crippen LogP contribution in [0.4, 0.5) is 10.5 Å². The molecule has 1 aliphatic carbocycles. The first-order valence-electron chi connectivity index (χ1n) is 12.8. The smallest absolute Gasteiger partial charge is 0.408 e. The van der Waals surface area contributed by atoms with Gasteiger partial charge in [0.15, 0.2) is 17.1 Å². The molecule has 0 aromatic heterocycles. The zero-order chi connectivity index (χ0) is 27.5. The van der Waals surface area contributed by atoms with Crippen molar-refractivity contribution in [3.05, 3.63) is 70.3 Å². The van der Waals surface area contributed by atoms with E-state index in [-0.39, 0.29) is 49.7 Å². The van der Waals surface area contributed by atoms with Crippen LogP contribution in [0.3, 0.4) is 0 Å². The maximum atomic E-state index is 13.5. The number of nitrogens with one attached hydrogen (secondary N) is 1. The Hall–Kier alpha value is -3.34. The Morgan fingerprint density at radius 1 is 1.13 bits per heavy atom. The molecule has 2 aromatic rings. The molecule has 11 nitrogen and oxygen atoms in total. The second-order valence-corrected chi connectivity index (χ2v) is 10.5. The van der Waals surface area contributed by atoms with Gasteiger partial charge in [-0.3, -0.25) is 15.0 Å². The van der Waals surface area contributed by atoms with Gasteiger partial charge < -0.3 is 19.5 Å². The average Bonchev–Trinajstić information content (AvgIpc) is 3.47. The number of benzene rings is 2. The van der Waals surface area contributed by atoms with Gasteiger partial charge in [-0.15, -0.1) is 0 Å². The number of ether oxygens (including phenoxy) is 3. The van der Waals surface area contributed by atoms with Crippen LogP contribution in [0, 0.1) is 22.0 Å². The lowest BCUT2D eigenvalue weighted by atomic mass is 10.1. The quantitative estimate of drug-likeness (QED) is 0.266. The summed E-state index contributed by atoms with van der Waals surface area (Å²) in [7, 11) is -1.84. The molecular formula is C27H31N3O8S. The average molecular weight is 558 g/mol. The molecule has 2 fully saturated rings. The van der Waals surface area contributed by atoms with E-state index in [1.165, 1.54) is 22.7 Å². The van der Waals surface area contributed by atoms with Gasteiger partial charge in [0, 0.05) is 24.2 Å². The second kappa shape index (κ2) is 14.7. The van der Waals surface area contributed by atoms with Crippen LogP contribution in [0.2, 0.25) is 0 Å². The van der Waals surface area contributed by atoms with Gasteiger partial charge in [0.25, 0.3) is 5.69 Å². The summed E-state index contributed by atoms with van der Waals surface area (Å²) in [6.07, 6.45) is 2.61. The minimum absolute atomic E-state index is 0.106. The van der Waals surface area contributed by atoms with E-state index in [1.54, 1.807) is 6.07 Å². The number of amides is 1. The molecule has 12 heteroatoms. The summed E-state index contributed by atoms with van der Waals surface area (Å²) in [5, 5.41) is 14.0. The Kier molecular flexibility index (Phi) is 10.8. The van der Waals surface area contributed by atoms with Crippen molar-refractivity contribution in [2.24, 2.45) is 0 Å². The van der Waals surface area contributed by atoms with E-state index in [9.17, 15) is 19.1 Å². The van der Waals surface area contributed by atoms with Crippen LogP contribution >= 0.6 is 0 Å². The maximum Gasteiger partial charge on any atom is 0.408 e. The number of hydrogen-bond donors (Lipinski definition) is 1. The van der Waals surface area contributed by atoms with Crippen molar-refractivity contribution >= 4 is 22.8 Å². The first-order chi connectivity index (χ1) is 19.0. The van der Waals surface area contributed by atoms with Crippen molar-refractivity contribution in [2.75, 3.05) is 26.6 Å². The number of non-ortho nitro benzene ring substituents is 1. The summed E-state index contributed by atoms with van der Waals surface area (Å²) in [6.45, 7) is 0.763. The molecule has 208 valence electrons. The maximum absolute atomic E-state index is 13.5. The van der Waals surface area contributed by atoms with Crippen molar-refractivity contribution in [3.63, 3.8) is 0 Å². The minimum Gasteiger partial charge on any atom is -0.441 e. The molecule has 39 heavy (non-hydrogen) atoms. The monoisotopic (exact) mass is 557 g/mol. The van der Waals surface area contributed by atoms with Crippen molar-refractivity contribution in [3.8, 4) is 11.8 Å². The lowest BCUT2D eigenvalue weighted by Gasteiger charge is -2.26. The number of nitro groups is 1. The molecule has 2 aromatic carbocycles. The topological polar surface area (TPSA) is 129 Å². The van der Waals surface area contributed by atoms with Crippen molar-refractivity contribution in [1.29, 1.82) is 0 Å². The zero-order valence-electron chi connectivity index (χ0n) is 21.4. The van der Waals surface area contributed by atoms with Crippen LogP contribution < -0.4 is 5.32 Å². The van der Waals surface area contributed by atoms with Crippen molar-refractivity contribution < 1.29 is 33.0 Å². The molecule has 0 spiro atoms. The molecule has 1 aliphatic heterocycles. The third kappa shape index (κ3) is 9.12. The molecule has 1 unspecified atom stereocenters. The van der Waals surface area contributed by atoms with Gasteiger partial charge in [0.1, 0.15) is 6.79 Å². The third-order valence-corrected chi connectivity index (χ3v) is 7.38. The highest BCUT2D eigenvalue weighted by Gasteiger charge is 2.26. The van der Waals surface area contributed by atoms with Crippen LogP contribution in [0.1, 0.15) is 37.7 Å². The van der Waals surface area contributed by atoms with Crippen LogP contribution in [-0.2, 0) is 30.0 Å². The van der Waals surface area contributed by atoms with Crippen LogP contribution in [-0.4, -0.2) is 64.5 Å². The summed E-state index contributed by atoms with van der Waals surface area (Å²) in [5.41, 5.74) is 0.610. The number of alkyl carbamates (subject to hydrolysis) is 1. The summed E-state index contributed by atoms with van der Waals surface area (Å²) in [6, 6.07) is 14.3. The minimum atomic E-state index is -1.84. The Morgan fingerprint density at radius 3 is 2.59 bits per heavy atom. The molecule has 4 rings (SSSR count). The molecule has 1 heterocycles. The largest absolute Gasteiger partial charge is 0.441 e. The highest BCUT2D eigenvalue weighted by atomic mass is 32.2. The van der Waals surface area contributed by atoms with Gasteiger partial charge in [0.2, 0.25) is 0 Å². The predicted octanol–water partition coefficient (Wildman–Crippen LogP) is 3.70. The number of rotatable bonds is 10. The fraction of sp³-hybridized carbons (Fsp3) is 0.444. The Labute approximate surface area is 229 Å². The molecule has 1 saturated heterocycles. The second-order valence-electron chi connectivity index (χ2n) is 9.08. The van der Waals surface area contributed by atoms with Gasteiger partial charge in [-0.2, -0.15) is 0 Å². The molecular weight excluding hydrogens is 526 g/mol. The van der Waals surface area contributed by atoms with E-state index in [2.05, 4.69) is 17.2 Å². The Balaban J connectivity index is 1.49. The number of hydrogen-bond acceptors (Lipinski definition) is 8. The molecule has 2 atom stereocenters. The Morgan fingerprint density at radius 2 is 1.87 bits per heavy atom. The summed E-state index contributed by atoms with van der Waals surface area (Å²) >= 11 is 0. The van der Waals surface area contributed by atoms with Crippen LogP contribution in [0.25, 0.3) is 0 Å². The van der Waals surface area contributed by atoms with Gasteiger partial charge in [-0.25, -0.2) is 9.00 Å². The molecule has 2 aliphatic rings. The highest BCUT2D eigenvalue weighted by Crippen LogP contribution is 2.25. The predicted molar refractivity (Wildman–Crippen MR) is 141 cm³/mol. The third-order valence-electron chi connectivity index (χ3n) is 6.09. The summed E-state index contributed by atoms with van der Waals surface area (Å²) in [4.78, 5) is 29.7. The Bertz CT molecular complexity index is 1190. The normalized spacial score (nSPS) is 17.7. The fourth-order valence-corrected chi connectivity index (χ4v) is 5.25. The lowest BCUT2D eigenvalue weighted by molar-refractivity contribution is -0.385. The number of nitro benzene ring substituents is 1. The van der Waals surface area contributed by atoms with E-state index in [0.717, 1.165) is 31.2 Å². The standard InChI is InChI=1S/C27H31N3O8S/c31-27(37-25-18-35-20-36-19-25)28-22(14-13-21-7-2-1-3-8-21)15-16-29(38-24-10-4-5-11-24)39(34)26-12-6-9-23(17-26)30(32)33/h1-3,6-9,12,17,22,24-25H,4-5,10-11,15-16,18-20H2,(H,28,31)/t22-,39?/m0/s1. The van der Waals surface area contributed by atoms with E-state index in [0.29, 0.717) is 0 Å². The number of carbonyl (C=O) groups excluding carboxylic acids is 1.